The van der Waals surface area contributed by atoms with E-state index in [0.29, 0.717) is 30.7 Å². The molecule has 1 aliphatic rings. The van der Waals surface area contributed by atoms with E-state index in [2.05, 4.69) is 41.8 Å². The van der Waals surface area contributed by atoms with Gasteiger partial charge >= 0.3 is 0 Å². The van der Waals surface area contributed by atoms with Crippen molar-refractivity contribution in [1.82, 2.24) is 20.9 Å². The average Bonchev–Trinajstić information content (AvgIpc) is 2.61. The molecule has 0 spiro atoms. The molecule has 146 valence electrons. The van der Waals surface area contributed by atoms with E-state index in [-0.39, 0.29) is 35.7 Å². The number of guanidine groups is 1. The Morgan fingerprint density at radius 3 is 2.65 bits per heavy atom. The van der Waals surface area contributed by atoms with Crippen molar-refractivity contribution in [3.05, 3.63) is 34.1 Å². The van der Waals surface area contributed by atoms with Crippen LogP contribution in [0.1, 0.15) is 18.4 Å². The van der Waals surface area contributed by atoms with Crippen LogP contribution < -0.4 is 16.0 Å². The van der Waals surface area contributed by atoms with Gasteiger partial charge < -0.3 is 16.0 Å². The third-order valence-electron chi connectivity index (χ3n) is 4.26. The normalized spacial score (nSPS) is 15.9. The fraction of sp³-hybridized carbons (Fsp3) is 0.529. The maximum absolute atomic E-state index is 13.9. The Labute approximate surface area is 179 Å². The summed E-state index contributed by atoms with van der Waals surface area (Å²) in [7, 11) is 3.36. The lowest BCUT2D eigenvalue weighted by Gasteiger charge is -2.32. The number of amides is 1. The van der Waals surface area contributed by atoms with E-state index >= 15 is 0 Å². The Kier molecular flexibility index (Phi) is 10.4. The van der Waals surface area contributed by atoms with E-state index in [1.54, 1.807) is 20.2 Å². The highest BCUT2D eigenvalue weighted by Gasteiger charge is 2.21. The van der Waals surface area contributed by atoms with Crippen LogP contribution in [0.25, 0.3) is 0 Å². The van der Waals surface area contributed by atoms with Gasteiger partial charge in [0.15, 0.2) is 5.96 Å². The first-order chi connectivity index (χ1) is 12.0. The van der Waals surface area contributed by atoms with Crippen LogP contribution in [0, 0.1) is 5.82 Å². The number of hydrogen-bond acceptors (Lipinski definition) is 3. The minimum atomic E-state index is -0.250. The summed E-state index contributed by atoms with van der Waals surface area (Å²) < 4.78 is 14.6. The zero-order valence-corrected chi connectivity index (χ0v) is 18.9. The van der Waals surface area contributed by atoms with Gasteiger partial charge in [0.25, 0.3) is 0 Å². The molecule has 0 atom stereocenters. The minimum absolute atomic E-state index is 0. The molecule has 1 aliphatic heterocycles. The van der Waals surface area contributed by atoms with Crippen LogP contribution in [-0.2, 0) is 11.3 Å². The molecule has 0 unspecified atom stereocenters. The first kappa shape index (κ1) is 23.1. The molecular formula is C17H26BrFIN5O. The summed E-state index contributed by atoms with van der Waals surface area (Å²) in [5, 5.41) is 9.17. The molecule has 0 radical (unpaired) electrons. The number of carbonyl (C=O) groups is 1. The SMILES string of the molecule is CN=C(NCc1ccc(Br)cc1F)NC1CCN(CC(=O)NC)CC1.I. The van der Waals surface area contributed by atoms with Crippen molar-refractivity contribution in [3.8, 4) is 0 Å². The molecule has 1 aromatic rings. The summed E-state index contributed by atoms with van der Waals surface area (Å²) in [5.74, 6) is 0.451. The number of likely N-dealkylation sites (tertiary alicyclic amines) is 1. The van der Waals surface area contributed by atoms with Gasteiger partial charge in [-0.05, 0) is 25.0 Å². The second-order valence-electron chi connectivity index (χ2n) is 6.03. The summed E-state index contributed by atoms with van der Waals surface area (Å²) in [5.41, 5.74) is 0.589. The summed E-state index contributed by atoms with van der Waals surface area (Å²) in [6.07, 6.45) is 1.87. The number of piperidine rings is 1. The molecular weight excluding hydrogens is 516 g/mol. The Balaban J connectivity index is 0.00000338. The quantitative estimate of drug-likeness (QED) is 0.303. The summed E-state index contributed by atoms with van der Waals surface area (Å²) in [4.78, 5) is 17.8. The van der Waals surface area contributed by atoms with Crippen LogP contribution in [0.2, 0.25) is 0 Å². The fourth-order valence-corrected chi connectivity index (χ4v) is 3.08. The number of halogens is 3. The van der Waals surface area contributed by atoms with Crippen molar-refractivity contribution < 1.29 is 9.18 Å². The molecule has 1 fully saturated rings. The monoisotopic (exact) mass is 541 g/mol. The van der Waals surface area contributed by atoms with Gasteiger partial charge in [-0.15, -0.1) is 24.0 Å². The van der Waals surface area contributed by atoms with Gasteiger partial charge in [0, 0.05) is 49.8 Å². The van der Waals surface area contributed by atoms with Crippen LogP contribution >= 0.6 is 39.9 Å². The van der Waals surface area contributed by atoms with E-state index in [0.717, 1.165) is 30.4 Å². The third kappa shape index (κ3) is 7.36. The molecule has 1 heterocycles. The second-order valence-corrected chi connectivity index (χ2v) is 6.95. The van der Waals surface area contributed by atoms with Gasteiger partial charge in [0.1, 0.15) is 5.82 Å². The number of benzene rings is 1. The number of rotatable bonds is 5. The van der Waals surface area contributed by atoms with Crippen molar-refractivity contribution in [2.75, 3.05) is 33.7 Å². The molecule has 1 saturated heterocycles. The Morgan fingerprint density at radius 2 is 2.08 bits per heavy atom. The highest BCUT2D eigenvalue weighted by atomic mass is 127. The van der Waals surface area contributed by atoms with Crippen LogP contribution in [0.5, 0.6) is 0 Å². The van der Waals surface area contributed by atoms with Gasteiger partial charge in [-0.25, -0.2) is 4.39 Å². The maximum Gasteiger partial charge on any atom is 0.233 e. The Bertz CT molecular complexity index is 623. The number of carbonyl (C=O) groups excluding carboxylic acids is 1. The van der Waals surface area contributed by atoms with Gasteiger partial charge in [0.2, 0.25) is 5.91 Å². The highest BCUT2D eigenvalue weighted by Crippen LogP contribution is 2.15. The van der Waals surface area contributed by atoms with Crippen molar-refractivity contribution >= 4 is 51.8 Å². The molecule has 26 heavy (non-hydrogen) atoms. The molecule has 1 aromatic carbocycles. The predicted molar refractivity (Wildman–Crippen MR) is 116 cm³/mol. The summed E-state index contributed by atoms with van der Waals surface area (Å²) in [6, 6.07) is 5.31. The standard InChI is InChI=1S/C17H25BrFN5O.HI/c1-20-16(25)11-24-7-5-14(6-8-24)23-17(21-2)22-10-12-3-4-13(18)9-15(12)19;/h3-4,9,14H,5-8,10-11H2,1-2H3,(H,20,25)(H2,21,22,23);1H. The van der Waals surface area contributed by atoms with Gasteiger partial charge in [-0.3, -0.25) is 14.7 Å². The molecule has 0 saturated carbocycles. The first-order valence-corrected chi connectivity index (χ1v) is 9.15. The zero-order valence-electron chi connectivity index (χ0n) is 15.0. The first-order valence-electron chi connectivity index (χ1n) is 8.36. The molecule has 9 heteroatoms. The summed E-state index contributed by atoms with van der Waals surface area (Å²) in [6.45, 7) is 2.54. The zero-order chi connectivity index (χ0) is 18.2. The molecule has 1 amide bonds. The van der Waals surface area contributed by atoms with Crippen molar-refractivity contribution in [1.29, 1.82) is 0 Å². The Morgan fingerprint density at radius 1 is 1.38 bits per heavy atom. The maximum atomic E-state index is 13.9. The minimum Gasteiger partial charge on any atom is -0.358 e. The van der Waals surface area contributed by atoms with Crippen molar-refractivity contribution in [3.63, 3.8) is 0 Å². The lowest BCUT2D eigenvalue weighted by atomic mass is 10.1. The number of nitrogens with one attached hydrogen (secondary N) is 3. The van der Waals surface area contributed by atoms with Crippen LogP contribution in [0.15, 0.2) is 27.7 Å². The molecule has 0 aliphatic carbocycles. The second kappa shape index (κ2) is 11.7. The van der Waals surface area contributed by atoms with E-state index < -0.39 is 0 Å². The molecule has 0 aromatic heterocycles. The third-order valence-corrected chi connectivity index (χ3v) is 4.75. The largest absolute Gasteiger partial charge is 0.358 e. The average molecular weight is 542 g/mol. The number of likely N-dealkylation sites (N-methyl/N-ethyl adjacent to an activating group) is 1. The van der Waals surface area contributed by atoms with Gasteiger partial charge in [-0.1, -0.05) is 22.0 Å². The van der Waals surface area contributed by atoms with Crippen LogP contribution in [-0.4, -0.2) is 56.5 Å². The number of hydrogen-bond donors (Lipinski definition) is 3. The van der Waals surface area contributed by atoms with Gasteiger partial charge in [0.05, 0.1) is 6.54 Å². The molecule has 6 nitrogen and oxygen atoms in total. The molecule has 2 rings (SSSR count). The van der Waals surface area contributed by atoms with E-state index in [9.17, 15) is 9.18 Å². The fourth-order valence-electron chi connectivity index (χ4n) is 2.75. The molecule has 0 bridgehead atoms. The van der Waals surface area contributed by atoms with Crippen LogP contribution in [0.4, 0.5) is 4.39 Å². The van der Waals surface area contributed by atoms with E-state index in [4.69, 9.17) is 0 Å². The predicted octanol–water partition coefficient (Wildman–Crippen LogP) is 2.08. The molecule has 3 N–H and O–H groups in total. The smallest absolute Gasteiger partial charge is 0.233 e. The topological polar surface area (TPSA) is 68.8 Å². The van der Waals surface area contributed by atoms with Gasteiger partial charge in [-0.2, -0.15) is 0 Å². The number of nitrogens with zero attached hydrogens (tertiary/aromatic N) is 2. The van der Waals surface area contributed by atoms with Crippen molar-refractivity contribution in [2.24, 2.45) is 4.99 Å². The lowest BCUT2D eigenvalue weighted by molar-refractivity contribution is -0.122. The van der Waals surface area contributed by atoms with Crippen LogP contribution in [0.3, 0.4) is 0 Å². The van der Waals surface area contributed by atoms with E-state index in [1.165, 1.54) is 6.07 Å². The Hall–Kier alpha value is -0.940. The highest BCUT2D eigenvalue weighted by molar-refractivity contribution is 14.0. The lowest BCUT2D eigenvalue weighted by Crippen LogP contribution is -2.49. The summed E-state index contributed by atoms with van der Waals surface area (Å²) >= 11 is 3.25. The van der Waals surface area contributed by atoms with Crippen molar-refractivity contribution in [2.45, 2.75) is 25.4 Å². The van der Waals surface area contributed by atoms with E-state index in [1.807, 2.05) is 6.07 Å². The number of aliphatic imine (C=N–C) groups is 1.